The summed E-state index contributed by atoms with van der Waals surface area (Å²) >= 11 is 0. The van der Waals surface area contributed by atoms with Crippen molar-refractivity contribution in [1.29, 1.82) is 0 Å². The molecule has 3 heterocycles. The summed E-state index contributed by atoms with van der Waals surface area (Å²) in [6.07, 6.45) is 24.7. The standard InChI is InChI=1S/C33H31NO4.C19H18NO.C14H14O4/c1-2-37-32(36)30-21-24-20-23(22-35)10-15-28(24)31-29(30)16-17-33(38-31,25-8-4-3-5-9-25)26-11-13-27(14-12-26)34-18-6-7-19-34;1-2-19(21,16-8-4-3-5-9-16)17-10-12-18(13-11-17)20-14-6-7-15-20;1-2-18-14(17)11-6-10-5-9(8-15)3-4-12(10)13(16)7-11/h3-5,8-17,20-21,35H,2,6-7,18-19,22H2,1H3;1,4-5,8-13,21H,6-7,14-15H2;3-7,15-16H,2,8H2,1H3/q;+1;. The zero-order valence-electron chi connectivity index (χ0n) is 43.5. The van der Waals surface area contributed by atoms with Crippen LogP contribution in [0.2, 0.25) is 0 Å². The van der Waals surface area contributed by atoms with Crippen molar-refractivity contribution < 1.29 is 44.2 Å². The number of aliphatic hydroxyl groups excluding tert-OH is 2. The quantitative estimate of drug-likeness (QED) is 0.0526. The number of anilines is 2. The maximum Gasteiger partial charge on any atom is 0.338 e. The number of ether oxygens (including phenoxy) is 3. The third-order valence-corrected chi connectivity index (χ3v) is 14.4. The summed E-state index contributed by atoms with van der Waals surface area (Å²) < 4.78 is 17.3. The molecule has 11 nitrogen and oxygen atoms in total. The first-order valence-corrected chi connectivity index (χ1v) is 26.2. The van der Waals surface area contributed by atoms with Crippen molar-refractivity contribution in [1.82, 2.24) is 0 Å². The fourth-order valence-corrected chi connectivity index (χ4v) is 10.3. The summed E-state index contributed by atoms with van der Waals surface area (Å²) in [7, 11) is 0. The van der Waals surface area contributed by atoms with Gasteiger partial charge in [-0.2, -0.15) is 0 Å². The Hall–Kier alpha value is -8.49. The monoisotopic (exact) mass is 1030 g/mol. The minimum Gasteiger partial charge on any atom is -0.507 e. The number of aliphatic hydroxyl groups is 3. The van der Waals surface area contributed by atoms with E-state index < -0.39 is 23.1 Å². The predicted octanol–water partition coefficient (Wildman–Crippen LogP) is 11.6. The van der Waals surface area contributed by atoms with Crippen molar-refractivity contribution in [2.45, 2.75) is 63.9 Å². The maximum absolute atomic E-state index is 13.0. The Bertz CT molecular complexity index is 3420. The summed E-state index contributed by atoms with van der Waals surface area (Å²) in [5.41, 5.74) is 6.51. The molecular weight excluding hydrogens is 965 g/mol. The molecule has 0 amide bonds. The number of phenolic OH excluding ortho intramolecular Hbond substituents is 1. The van der Waals surface area contributed by atoms with Gasteiger partial charge < -0.3 is 44.4 Å². The van der Waals surface area contributed by atoms with Crippen molar-refractivity contribution in [3.63, 3.8) is 0 Å². The van der Waals surface area contributed by atoms with Gasteiger partial charge in [-0.3, -0.25) is 0 Å². The van der Waals surface area contributed by atoms with Crippen LogP contribution in [0.1, 0.15) is 93.6 Å². The predicted molar refractivity (Wildman–Crippen MR) is 304 cm³/mol. The molecule has 11 rings (SSSR count). The molecule has 0 aromatic heterocycles. The number of fused-ring (bicyclic) bond motifs is 4. The lowest BCUT2D eigenvalue weighted by molar-refractivity contribution is 0.0516. The number of aromatic hydroxyl groups is 1. The van der Waals surface area contributed by atoms with Crippen LogP contribution in [0.5, 0.6) is 11.5 Å². The first-order valence-electron chi connectivity index (χ1n) is 26.2. The summed E-state index contributed by atoms with van der Waals surface area (Å²) in [6, 6.07) is 42.6. The second-order valence-corrected chi connectivity index (χ2v) is 19.2. The van der Waals surface area contributed by atoms with Gasteiger partial charge in [-0.1, -0.05) is 84.8 Å². The average molecular weight is 1030 g/mol. The average Bonchev–Trinajstić information content (AvgIpc) is 4.26. The lowest BCUT2D eigenvalue weighted by Crippen LogP contribution is -2.34. The molecule has 2 saturated heterocycles. The highest BCUT2D eigenvalue weighted by Crippen LogP contribution is 2.47. The molecule has 2 atom stereocenters. The topological polar surface area (TPSA) is 149 Å². The number of allylic oxidation sites excluding steroid dienone is 4. The van der Waals surface area contributed by atoms with E-state index in [1.54, 1.807) is 62.4 Å². The Balaban J connectivity index is 0.000000156. The summed E-state index contributed by atoms with van der Waals surface area (Å²) in [5.74, 6) is 2.32. The minimum atomic E-state index is -1.39. The van der Waals surface area contributed by atoms with Crippen molar-refractivity contribution in [2.24, 2.45) is 0 Å². The van der Waals surface area contributed by atoms with E-state index in [4.69, 9.17) is 25.7 Å². The number of hydrogen-bond donors (Lipinski definition) is 4. The van der Waals surface area contributed by atoms with E-state index in [0.29, 0.717) is 38.8 Å². The minimum absolute atomic E-state index is 0.0278. The van der Waals surface area contributed by atoms with Gasteiger partial charge in [-0.05, 0) is 128 Å². The van der Waals surface area contributed by atoms with Crippen LogP contribution in [0.3, 0.4) is 0 Å². The van der Waals surface area contributed by atoms with Gasteiger partial charge in [0.25, 0.3) is 0 Å². The fourth-order valence-electron chi connectivity index (χ4n) is 10.3. The van der Waals surface area contributed by atoms with Crippen LogP contribution in [-0.4, -0.2) is 71.8 Å². The number of carbonyl (C=O) groups excluding carboxylic acids is 2. The zero-order valence-corrected chi connectivity index (χ0v) is 43.5. The maximum atomic E-state index is 13.0. The van der Waals surface area contributed by atoms with E-state index in [9.17, 15) is 24.9 Å². The van der Waals surface area contributed by atoms with Crippen LogP contribution in [0.15, 0.2) is 169 Å². The van der Waals surface area contributed by atoms with E-state index in [0.717, 1.165) is 64.8 Å². The number of carbonyl (C=O) groups is 2. The van der Waals surface area contributed by atoms with Gasteiger partial charge in [0.2, 0.25) is 5.60 Å². The number of rotatable bonds is 12. The zero-order chi connectivity index (χ0) is 53.9. The molecular formula is C66H63N2O9+. The van der Waals surface area contributed by atoms with E-state index in [1.165, 1.54) is 43.1 Å². The summed E-state index contributed by atoms with van der Waals surface area (Å²) in [6.45, 7) is 8.31. The molecule has 77 heavy (non-hydrogen) atoms. The molecule has 0 spiro atoms. The first kappa shape index (κ1) is 53.3. The Morgan fingerprint density at radius 1 is 0.701 bits per heavy atom. The van der Waals surface area contributed by atoms with E-state index >= 15 is 0 Å². The number of nitrogens with zero attached hydrogens (tertiary/aromatic N) is 2. The molecule has 0 radical (unpaired) electrons. The molecule has 7 aromatic carbocycles. The van der Waals surface area contributed by atoms with Crippen molar-refractivity contribution in [3.8, 4) is 23.8 Å². The Morgan fingerprint density at radius 3 is 1.84 bits per heavy atom. The highest BCUT2D eigenvalue weighted by atomic mass is 16.5. The molecule has 4 N–H and O–H groups in total. The molecule has 2 unspecified atom stereocenters. The smallest absolute Gasteiger partial charge is 0.338 e. The molecule has 3 aliphatic heterocycles. The number of benzene rings is 7. The van der Waals surface area contributed by atoms with Crippen LogP contribution in [0.25, 0.3) is 27.6 Å². The number of hydrogen-bond acceptors (Lipinski definition) is 11. The van der Waals surface area contributed by atoms with Gasteiger partial charge in [0.1, 0.15) is 29.2 Å². The summed E-state index contributed by atoms with van der Waals surface area (Å²) in [4.78, 5) is 29.4. The van der Waals surface area contributed by atoms with Gasteiger partial charge >= 0.3 is 11.9 Å². The van der Waals surface area contributed by atoms with Crippen LogP contribution in [0, 0.1) is 18.4 Å². The van der Waals surface area contributed by atoms with E-state index in [1.807, 2.05) is 78.9 Å². The Morgan fingerprint density at radius 2 is 1.27 bits per heavy atom. The van der Waals surface area contributed by atoms with Gasteiger partial charge in [0.05, 0.1) is 49.7 Å². The molecule has 0 bridgehead atoms. The van der Waals surface area contributed by atoms with Gasteiger partial charge in [-0.25, -0.2) is 9.59 Å². The van der Waals surface area contributed by atoms with Crippen LogP contribution >= 0.6 is 0 Å². The van der Waals surface area contributed by atoms with Gasteiger partial charge in [0, 0.05) is 76.7 Å². The van der Waals surface area contributed by atoms with Crippen molar-refractivity contribution in [3.05, 3.63) is 220 Å². The highest BCUT2D eigenvalue weighted by Gasteiger charge is 2.39. The highest BCUT2D eigenvalue weighted by molar-refractivity contribution is 6.04. The van der Waals surface area contributed by atoms with Gasteiger partial charge in [-0.15, -0.1) is 6.42 Å². The molecule has 4 aliphatic rings. The molecule has 390 valence electrons. The first-order chi connectivity index (χ1) is 37.5. The molecule has 7 aromatic rings. The van der Waals surface area contributed by atoms with Gasteiger partial charge in [0.15, 0.2) is 5.60 Å². The number of phenols is 1. The lowest BCUT2D eigenvalue weighted by Gasteiger charge is -2.37. The van der Waals surface area contributed by atoms with E-state index in [-0.39, 0.29) is 32.2 Å². The van der Waals surface area contributed by atoms with Crippen LogP contribution < -0.4 is 14.5 Å². The Kier molecular flexibility index (Phi) is 16.6. The normalized spacial score (nSPS) is 16.9. The van der Waals surface area contributed by atoms with Crippen LogP contribution in [0.4, 0.5) is 11.4 Å². The molecule has 2 fully saturated rings. The summed E-state index contributed by atoms with van der Waals surface area (Å²) in [5, 5.41) is 42.6. The third-order valence-electron chi connectivity index (χ3n) is 14.4. The third kappa shape index (κ3) is 11.4. The number of esters is 2. The second kappa shape index (κ2) is 24.0. The molecule has 1 aliphatic carbocycles. The fraction of sp³-hybridized carbons (Fsp3) is 0.242. The SMILES string of the molecule is C#CC(O)(C1=CC=[C+]C=C1)c1ccc(N2CCCC2)cc1.CCOC(=O)c1cc(O)c2ccc(CO)cc2c1.CCOC(=O)c1cc2cc(CO)ccc2c2c1C=CC(c1ccccc1)(c1ccc(N3CCCC3)cc1)O2. The van der Waals surface area contributed by atoms with Crippen molar-refractivity contribution >= 4 is 50.9 Å². The molecule has 0 saturated carbocycles. The number of terminal acetylenes is 1. The Labute approximate surface area is 450 Å². The largest absolute Gasteiger partial charge is 0.507 e. The lowest BCUT2D eigenvalue weighted by atomic mass is 9.82. The van der Waals surface area contributed by atoms with Crippen molar-refractivity contribution in [2.75, 3.05) is 49.2 Å². The molecule has 11 heteroatoms. The van der Waals surface area contributed by atoms with E-state index in [2.05, 4.69) is 58.2 Å². The van der Waals surface area contributed by atoms with Crippen LogP contribution in [-0.2, 0) is 33.9 Å². The second-order valence-electron chi connectivity index (χ2n) is 19.2.